The maximum Gasteiger partial charge on any atom is 0.0367 e. The fourth-order valence-corrected chi connectivity index (χ4v) is 6.36. The molecule has 2 nitrogen and oxygen atoms in total. The number of thioether (sulfide) groups is 1. The fourth-order valence-electron chi connectivity index (χ4n) is 4.50. The Labute approximate surface area is 255 Å². The van der Waals surface area contributed by atoms with Crippen LogP contribution in [0.5, 0.6) is 0 Å². The van der Waals surface area contributed by atoms with Gasteiger partial charge in [-0.1, -0.05) is 105 Å². The number of unbranched alkanes of at least 4 members (excludes halogenated alkanes) is 8. The molecule has 0 radical (unpaired) electrons. The highest BCUT2D eigenvalue weighted by Gasteiger charge is 2.16. The number of rotatable bonds is 19. The first kappa shape index (κ1) is 40.2. The largest absolute Gasteiger partial charge is 0.369 e. The molecular weight excluding hydrogens is 521 g/mol. The van der Waals surface area contributed by atoms with Crippen LogP contribution >= 0.6 is 37.0 Å². The van der Waals surface area contributed by atoms with E-state index in [0.29, 0.717) is 0 Å². The maximum absolute atomic E-state index is 4.50. The number of piperazine rings is 1. The molecule has 1 atom stereocenters. The molecule has 0 bridgehead atoms. The molecule has 0 aromatic heterocycles. The highest BCUT2D eigenvalue weighted by atomic mass is 32.2. The molecule has 2 rings (SSSR count). The van der Waals surface area contributed by atoms with Gasteiger partial charge in [0, 0.05) is 31.9 Å². The fraction of sp³-hybridized carbons (Fsp3) is 0.818. The van der Waals surface area contributed by atoms with E-state index in [9.17, 15) is 0 Å². The van der Waals surface area contributed by atoms with E-state index in [1.54, 1.807) is 0 Å². The van der Waals surface area contributed by atoms with Crippen molar-refractivity contribution in [2.75, 3.05) is 60.6 Å². The van der Waals surface area contributed by atoms with Gasteiger partial charge in [0.2, 0.25) is 0 Å². The Bertz CT molecular complexity index is 536. The molecule has 0 amide bonds. The van der Waals surface area contributed by atoms with Crippen molar-refractivity contribution in [1.29, 1.82) is 0 Å². The molecular formula is C33H66N2S3. The Morgan fingerprint density at radius 1 is 0.684 bits per heavy atom. The Morgan fingerprint density at radius 3 is 1.74 bits per heavy atom. The summed E-state index contributed by atoms with van der Waals surface area (Å²) >= 11 is 11.0. The van der Waals surface area contributed by atoms with Gasteiger partial charge in [-0.2, -0.15) is 37.0 Å². The molecule has 226 valence electrons. The highest BCUT2D eigenvalue weighted by Crippen LogP contribution is 2.19. The lowest BCUT2D eigenvalue weighted by atomic mass is 10.1. The van der Waals surface area contributed by atoms with Gasteiger partial charge in [-0.05, 0) is 73.3 Å². The zero-order chi connectivity index (χ0) is 28.7. The van der Waals surface area contributed by atoms with Crippen LogP contribution in [0.15, 0.2) is 30.3 Å². The predicted octanol–water partition coefficient (Wildman–Crippen LogP) is 10.4. The first-order chi connectivity index (χ1) is 18.8. The van der Waals surface area contributed by atoms with Gasteiger partial charge in [0.15, 0.2) is 0 Å². The molecule has 1 unspecified atom stereocenters. The first-order valence-corrected chi connectivity index (χ1v) is 18.6. The lowest BCUT2D eigenvalue weighted by Crippen LogP contribution is -2.46. The van der Waals surface area contributed by atoms with Gasteiger partial charge in [0.25, 0.3) is 0 Å². The Hall–Kier alpha value is 0.0300. The van der Waals surface area contributed by atoms with E-state index in [0.717, 1.165) is 17.4 Å². The van der Waals surface area contributed by atoms with Crippen molar-refractivity contribution in [3.8, 4) is 0 Å². The van der Waals surface area contributed by atoms with E-state index in [4.69, 9.17) is 0 Å². The van der Waals surface area contributed by atoms with Crippen molar-refractivity contribution >= 4 is 42.7 Å². The zero-order valence-electron chi connectivity index (χ0n) is 26.3. The smallest absolute Gasteiger partial charge is 0.0367 e. The molecule has 0 aliphatic carbocycles. The van der Waals surface area contributed by atoms with Gasteiger partial charge in [-0.25, -0.2) is 0 Å². The van der Waals surface area contributed by atoms with Gasteiger partial charge in [-0.15, -0.1) is 0 Å². The second-order valence-electron chi connectivity index (χ2n) is 9.34. The average Bonchev–Trinajstić information content (AvgIpc) is 3.01. The van der Waals surface area contributed by atoms with Crippen LogP contribution < -0.4 is 4.90 Å². The van der Waals surface area contributed by atoms with E-state index in [1.165, 1.54) is 121 Å². The minimum absolute atomic E-state index is 0.786. The molecule has 1 aromatic rings. The lowest BCUT2D eigenvalue weighted by Gasteiger charge is -2.36. The molecule has 1 fully saturated rings. The van der Waals surface area contributed by atoms with Crippen LogP contribution in [-0.4, -0.2) is 60.6 Å². The summed E-state index contributed by atoms with van der Waals surface area (Å²) < 4.78 is 0. The zero-order valence-corrected chi connectivity index (χ0v) is 28.9. The molecule has 1 aliphatic heterocycles. The van der Waals surface area contributed by atoms with Crippen LogP contribution in [0.2, 0.25) is 0 Å². The third-order valence-electron chi connectivity index (χ3n) is 6.64. The summed E-state index contributed by atoms with van der Waals surface area (Å²) in [6, 6.07) is 10.9. The van der Waals surface area contributed by atoms with Gasteiger partial charge < -0.3 is 4.90 Å². The first-order valence-electron chi connectivity index (χ1n) is 16.1. The molecule has 38 heavy (non-hydrogen) atoms. The second-order valence-corrected chi connectivity index (χ2v) is 11.3. The normalized spacial score (nSPS) is 13.8. The summed E-state index contributed by atoms with van der Waals surface area (Å²) in [5.74, 6) is 5.46. The van der Waals surface area contributed by atoms with E-state index in [2.05, 4.69) is 77.2 Å². The molecule has 5 heteroatoms. The van der Waals surface area contributed by atoms with Crippen LogP contribution in [-0.2, 0) is 0 Å². The van der Waals surface area contributed by atoms with Crippen LogP contribution in [0, 0.1) is 5.92 Å². The van der Waals surface area contributed by atoms with Crippen molar-refractivity contribution < 1.29 is 0 Å². The van der Waals surface area contributed by atoms with Crippen molar-refractivity contribution in [2.45, 2.75) is 112 Å². The molecule has 0 saturated carbocycles. The molecule has 1 saturated heterocycles. The summed E-state index contributed by atoms with van der Waals surface area (Å²) in [6.45, 7) is 18.1. The van der Waals surface area contributed by atoms with E-state index in [1.807, 2.05) is 41.5 Å². The number of para-hydroxylation sites is 1. The van der Waals surface area contributed by atoms with E-state index in [-0.39, 0.29) is 0 Å². The van der Waals surface area contributed by atoms with Crippen molar-refractivity contribution in [2.24, 2.45) is 5.92 Å². The third kappa shape index (κ3) is 22.8. The van der Waals surface area contributed by atoms with Crippen molar-refractivity contribution in [1.82, 2.24) is 4.90 Å². The molecule has 0 spiro atoms. The Morgan fingerprint density at radius 2 is 1.21 bits per heavy atom. The minimum atomic E-state index is 0.786. The Balaban J connectivity index is 0. The van der Waals surface area contributed by atoms with Gasteiger partial charge >= 0.3 is 0 Å². The van der Waals surface area contributed by atoms with Crippen LogP contribution in [0.1, 0.15) is 112 Å². The van der Waals surface area contributed by atoms with Gasteiger partial charge in [0.1, 0.15) is 0 Å². The number of anilines is 1. The quantitative estimate of drug-likeness (QED) is 0.123. The molecule has 1 heterocycles. The van der Waals surface area contributed by atoms with Crippen molar-refractivity contribution in [3.05, 3.63) is 30.3 Å². The van der Waals surface area contributed by atoms with Crippen LogP contribution in [0.4, 0.5) is 5.69 Å². The molecule has 1 aliphatic rings. The molecule has 1 aromatic carbocycles. The van der Waals surface area contributed by atoms with Gasteiger partial charge in [-0.3, -0.25) is 4.90 Å². The van der Waals surface area contributed by atoms with Crippen LogP contribution in [0.3, 0.4) is 0 Å². The summed E-state index contributed by atoms with van der Waals surface area (Å²) in [7, 11) is 0. The number of benzene rings is 1. The predicted molar refractivity (Wildman–Crippen MR) is 188 cm³/mol. The third-order valence-corrected chi connectivity index (χ3v) is 8.76. The topological polar surface area (TPSA) is 6.48 Å². The maximum atomic E-state index is 4.50. The van der Waals surface area contributed by atoms with Crippen LogP contribution in [0.25, 0.3) is 0 Å². The summed E-state index contributed by atoms with van der Waals surface area (Å²) in [5, 5.41) is 0. The molecule has 0 N–H and O–H groups in total. The van der Waals surface area contributed by atoms with Gasteiger partial charge in [0.05, 0.1) is 0 Å². The summed E-state index contributed by atoms with van der Waals surface area (Å²) in [6.07, 6.45) is 15.3. The number of thiol groups is 2. The minimum Gasteiger partial charge on any atom is -0.369 e. The number of hydrogen-bond donors (Lipinski definition) is 2. The average molecular weight is 587 g/mol. The van der Waals surface area contributed by atoms with E-state index < -0.39 is 0 Å². The monoisotopic (exact) mass is 586 g/mol. The number of hydrogen-bond acceptors (Lipinski definition) is 5. The number of nitrogens with zero attached hydrogens (tertiary/aromatic N) is 2. The van der Waals surface area contributed by atoms with E-state index >= 15 is 0 Å². The SMILES string of the molecule is CC.CC.CC.SCCCC(CS)CSCCCCCCCCCCCN1CCN(c2ccccc2)CC1. The summed E-state index contributed by atoms with van der Waals surface area (Å²) in [5.41, 5.74) is 1.38. The highest BCUT2D eigenvalue weighted by molar-refractivity contribution is 7.99. The Kier molecular flexibility index (Phi) is 35.1. The van der Waals surface area contributed by atoms with Crippen molar-refractivity contribution in [3.63, 3.8) is 0 Å². The standard InChI is InChI=1S/C27H48N2S3.3C2H6/c30-22-13-14-26(24-31)25-32-23-12-7-5-3-1-2-4-6-11-17-28-18-20-29(21-19-28)27-15-9-8-10-16-27;3*1-2/h8-10,15-16,26,30-31H,1-7,11-14,17-25H2;3*1-2H3. The lowest BCUT2D eigenvalue weighted by molar-refractivity contribution is 0.252. The summed E-state index contributed by atoms with van der Waals surface area (Å²) in [4.78, 5) is 5.19. The second kappa shape index (κ2) is 33.2.